The Morgan fingerprint density at radius 1 is 1.38 bits per heavy atom. The molecule has 1 aromatic heterocycles. The fraction of sp³-hybridized carbons (Fsp3) is 0.583. The topological polar surface area (TPSA) is 28.2 Å². The zero-order valence-corrected chi connectivity index (χ0v) is 10.8. The van der Waals surface area contributed by atoms with Crippen LogP contribution in [0.5, 0.6) is 0 Å². The molecule has 3 rings (SSSR count). The summed E-state index contributed by atoms with van der Waals surface area (Å²) in [5.41, 5.74) is 0. The van der Waals surface area contributed by atoms with Crippen molar-refractivity contribution in [3.63, 3.8) is 0 Å². The second kappa shape index (κ2) is 4.34. The first-order chi connectivity index (χ1) is 7.84. The van der Waals surface area contributed by atoms with Crippen molar-refractivity contribution < 1.29 is 0 Å². The SMILES string of the molecule is Brc1cccnc1NC1CCN2CCCC12. The fourth-order valence-electron chi connectivity index (χ4n) is 2.92. The van der Waals surface area contributed by atoms with Crippen molar-refractivity contribution >= 4 is 21.7 Å². The van der Waals surface area contributed by atoms with Gasteiger partial charge in [0.1, 0.15) is 5.82 Å². The molecular formula is C12H16BrN3. The van der Waals surface area contributed by atoms with E-state index < -0.39 is 0 Å². The highest BCUT2D eigenvalue weighted by atomic mass is 79.9. The Morgan fingerprint density at radius 3 is 3.19 bits per heavy atom. The highest BCUT2D eigenvalue weighted by molar-refractivity contribution is 9.10. The molecule has 2 aliphatic heterocycles. The summed E-state index contributed by atoms with van der Waals surface area (Å²) >= 11 is 3.54. The molecule has 2 unspecified atom stereocenters. The molecule has 0 bridgehead atoms. The number of halogens is 1. The van der Waals surface area contributed by atoms with Gasteiger partial charge in [0.05, 0.1) is 4.47 Å². The minimum Gasteiger partial charge on any atom is -0.365 e. The largest absolute Gasteiger partial charge is 0.365 e. The Kier molecular flexibility index (Phi) is 2.86. The van der Waals surface area contributed by atoms with Crippen LogP contribution in [0.1, 0.15) is 19.3 Å². The van der Waals surface area contributed by atoms with Crippen molar-refractivity contribution in [2.24, 2.45) is 0 Å². The number of anilines is 1. The molecule has 3 heterocycles. The summed E-state index contributed by atoms with van der Waals surface area (Å²) in [5.74, 6) is 0.987. The summed E-state index contributed by atoms with van der Waals surface area (Å²) in [7, 11) is 0. The maximum absolute atomic E-state index is 4.38. The summed E-state index contributed by atoms with van der Waals surface area (Å²) in [6.07, 6.45) is 5.77. The summed E-state index contributed by atoms with van der Waals surface area (Å²) in [5, 5.41) is 3.58. The van der Waals surface area contributed by atoms with E-state index >= 15 is 0 Å². The Morgan fingerprint density at radius 2 is 2.31 bits per heavy atom. The van der Waals surface area contributed by atoms with E-state index in [9.17, 15) is 0 Å². The molecule has 2 aliphatic rings. The smallest absolute Gasteiger partial charge is 0.140 e. The van der Waals surface area contributed by atoms with Gasteiger partial charge in [0.25, 0.3) is 0 Å². The highest BCUT2D eigenvalue weighted by Crippen LogP contribution is 2.31. The molecule has 0 spiro atoms. The van der Waals surface area contributed by atoms with Crippen LogP contribution < -0.4 is 5.32 Å². The normalized spacial score (nSPS) is 29.3. The first kappa shape index (κ1) is 10.5. The number of fused-ring (bicyclic) bond motifs is 1. The summed E-state index contributed by atoms with van der Waals surface area (Å²) in [6.45, 7) is 2.53. The number of nitrogens with zero attached hydrogens (tertiary/aromatic N) is 2. The second-order valence-corrected chi connectivity index (χ2v) is 5.47. The van der Waals surface area contributed by atoms with E-state index in [1.165, 1.54) is 32.4 Å². The standard InChI is InChI=1S/C12H16BrN3/c13-9-3-1-6-14-12(9)15-10-5-8-16-7-2-4-11(10)16/h1,3,6,10-11H,2,4-5,7-8H2,(H,14,15). The number of pyridine rings is 1. The molecule has 4 heteroatoms. The maximum atomic E-state index is 4.38. The van der Waals surface area contributed by atoms with Crippen LogP contribution in [0.25, 0.3) is 0 Å². The molecule has 0 aromatic carbocycles. The van der Waals surface area contributed by atoms with Gasteiger partial charge in [-0.25, -0.2) is 4.98 Å². The minimum absolute atomic E-state index is 0.578. The lowest BCUT2D eigenvalue weighted by Crippen LogP contribution is -2.34. The zero-order chi connectivity index (χ0) is 11.0. The number of hydrogen-bond donors (Lipinski definition) is 1. The molecule has 3 nitrogen and oxygen atoms in total. The maximum Gasteiger partial charge on any atom is 0.140 e. The highest BCUT2D eigenvalue weighted by Gasteiger charge is 2.37. The molecular weight excluding hydrogens is 266 g/mol. The van der Waals surface area contributed by atoms with E-state index in [-0.39, 0.29) is 0 Å². The Bertz CT molecular complexity index is 382. The number of nitrogens with one attached hydrogen (secondary N) is 1. The summed E-state index contributed by atoms with van der Waals surface area (Å²) in [4.78, 5) is 6.99. The number of rotatable bonds is 2. The predicted octanol–water partition coefficient (Wildman–Crippen LogP) is 2.49. The third-order valence-electron chi connectivity index (χ3n) is 3.69. The van der Waals surface area contributed by atoms with Crippen molar-refractivity contribution in [1.82, 2.24) is 9.88 Å². The van der Waals surface area contributed by atoms with Gasteiger partial charge >= 0.3 is 0 Å². The lowest BCUT2D eigenvalue weighted by molar-refractivity contribution is 0.318. The lowest BCUT2D eigenvalue weighted by Gasteiger charge is -2.22. The van der Waals surface area contributed by atoms with Gasteiger partial charge in [0.2, 0.25) is 0 Å². The van der Waals surface area contributed by atoms with Crippen LogP contribution in [-0.4, -0.2) is 35.1 Å². The average Bonchev–Trinajstić information content (AvgIpc) is 2.86. The third-order valence-corrected chi connectivity index (χ3v) is 4.33. The van der Waals surface area contributed by atoms with E-state index in [0.29, 0.717) is 6.04 Å². The third kappa shape index (κ3) is 1.84. The molecule has 0 aliphatic carbocycles. The van der Waals surface area contributed by atoms with Crippen LogP contribution in [0.3, 0.4) is 0 Å². The molecule has 0 radical (unpaired) electrons. The molecule has 1 N–H and O–H groups in total. The Balaban J connectivity index is 1.73. The lowest BCUT2D eigenvalue weighted by atomic mass is 10.1. The Hall–Kier alpha value is -0.610. The van der Waals surface area contributed by atoms with Gasteiger partial charge in [0, 0.05) is 24.8 Å². The molecule has 86 valence electrons. The summed E-state index contributed by atoms with van der Waals surface area (Å²) < 4.78 is 1.06. The van der Waals surface area contributed by atoms with Gasteiger partial charge in [-0.3, -0.25) is 4.90 Å². The summed E-state index contributed by atoms with van der Waals surface area (Å²) in [6, 6.07) is 5.30. The molecule has 0 saturated carbocycles. The van der Waals surface area contributed by atoms with Crippen molar-refractivity contribution in [2.75, 3.05) is 18.4 Å². The molecule has 2 atom stereocenters. The van der Waals surface area contributed by atoms with Crippen LogP contribution in [0.2, 0.25) is 0 Å². The van der Waals surface area contributed by atoms with Crippen molar-refractivity contribution in [2.45, 2.75) is 31.3 Å². The van der Waals surface area contributed by atoms with Gasteiger partial charge < -0.3 is 5.32 Å². The van der Waals surface area contributed by atoms with Crippen LogP contribution in [0, 0.1) is 0 Å². The Labute approximate surface area is 104 Å². The molecule has 16 heavy (non-hydrogen) atoms. The average molecular weight is 282 g/mol. The van der Waals surface area contributed by atoms with E-state index in [4.69, 9.17) is 0 Å². The van der Waals surface area contributed by atoms with Gasteiger partial charge in [-0.05, 0) is 53.9 Å². The van der Waals surface area contributed by atoms with E-state index in [1.54, 1.807) is 0 Å². The molecule has 0 amide bonds. The van der Waals surface area contributed by atoms with E-state index in [0.717, 1.165) is 16.3 Å². The van der Waals surface area contributed by atoms with Gasteiger partial charge in [-0.1, -0.05) is 0 Å². The minimum atomic E-state index is 0.578. The van der Waals surface area contributed by atoms with Crippen LogP contribution in [0.15, 0.2) is 22.8 Å². The number of hydrogen-bond acceptors (Lipinski definition) is 3. The van der Waals surface area contributed by atoms with Gasteiger partial charge in [0.15, 0.2) is 0 Å². The molecule has 1 aromatic rings. The van der Waals surface area contributed by atoms with Crippen LogP contribution in [0.4, 0.5) is 5.82 Å². The molecule has 2 saturated heterocycles. The number of aromatic nitrogens is 1. The van der Waals surface area contributed by atoms with E-state index in [1.807, 2.05) is 18.3 Å². The van der Waals surface area contributed by atoms with Gasteiger partial charge in [-0.15, -0.1) is 0 Å². The first-order valence-electron chi connectivity index (χ1n) is 5.96. The van der Waals surface area contributed by atoms with Crippen LogP contribution in [-0.2, 0) is 0 Å². The first-order valence-corrected chi connectivity index (χ1v) is 6.75. The second-order valence-electron chi connectivity index (χ2n) is 4.62. The predicted molar refractivity (Wildman–Crippen MR) is 68.6 cm³/mol. The van der Waals surface area contributed by atoms with Gasteiger partial charge in [-0.2, -0.15) is 0 Å². The van der Waals surface area contributed by atoms with Crippen molar-refractivity contribution in [3.05, 3.63) is 22.8 Å². The monoisotopic (exact) mass is 281 g/mol. The zero-order valence-electron chi connectivity index (χ0n) is 9.19. The van der Waals surface area contributed by atoms with Crippen molar-refractivity contribution in [3.8, 4) is 0 Å². The van der Waals surface area contributed by atoms with Crippen molar-refractivity contribution in [1.29, 1.82) is 0 Å². The fourth-order valence-corrected chi connectivity index (χ4v) is 3.29. The van der Waals surface area contributed by atoms with E-state index in [2.05, 4.69) is 31.1 Å². The molecule has 2 fully saturated rings. The van der Waals surface area contributed by atoms with Crippen LogP contribution >= 0.6 is 15.9 Å². The quantitative estimate of drug-likeness (QED) is 0.903.